The molecule has 1 aromatic carbocycles. The maximum atomic E-state index is 5.57. The van der Waals surface area contributed by atoms with E-state index in [1.807, 2.05) is 18.2 Å². The predicted octanol–water partition coefficient (Wildman–Crippen LogP) is 2.85. The van der Waals surface area contributed by atoms with Gasteiger partial charge in [-0.3, -0.25) is 0 Å². The van der Waals surface area contributed by atoms with Crippen LogP contribution in [0.1, 0.15) is 13.3 Å². The Morgan fingerprint density at radius 1 is 1.50 bits per heavy atom. The van der Waals surface area contributed by atoms with Crippen LogP contribution in [-0.4, -0.2) is 20.2 Å². The van der Waals surface area contributed by atoms with Gasteiger partial charge in [-0.2, -0.15) is 0 Å². The van der Waals surface area contributed by atoms with Crippen molar-refractivity contribution in [1.82, 2.24) is 0 Å². The highest BCUT2D eigenvalue weighted by molar-refractivity contribution is 9.10. The first kappa shape index (κ1) is 13.3. The maximum Gasteiger partial charge on any atom is 0.142 e. The molecule has 1 atom stereocenters. The number of rotatable bonds is 6. The Kier molecular flexibility index (Phi) is 5.63. The lowest BCUT2D eigenvalue weighted by atomic mass is 10.1. The average Bonchev–Trinajstić information content (AvgIpc) is 2.29. The van der Waals surface area contributed by atoms with Crippen molar-refractivity contribution in [2.75, 3.05) is 25.5 Å². The summed E-state index contributed by atoms with van der Waals surface area (Å²) < 4.78 is 6.32. The van der Waals surface area contributed by atoms with E-state index in [0.29, 0.717) is 5.92 Å². The number of nitrogens with two attached hydrogens (primary N) is 1. The molecular weight excluding hydrogens is 268 g/mol. The molecule has 0 radical (unpaired) electrons. The first-order valence-electron chi connectivity index (χ1n) is 5.45. The molecule has 0 fully saturated rings. The Morgan fingerprint density at radius 3 is 2.88 bits per heavy atom. The highest BCUT2D eigenvalue weighted by Gasteiger charge is 2.04. The average molecular weight is 287 g/mol. The summed E-state index contributed by atoms with van der Waals surface area (Å²) >= 11 is 3.44. The van der Waals surface area contributed by atoms with E-state index in [1.54, 1.807) is 7.11 Å². The van der Waals surface area contributed by atoms with E-state index in [0.717, 1.165) is 35.4 Å². The molecule has 90 valence electrons. The Bertz CT molecular complexity index is 331. The zero-order valence-electron chi connectivity index (χ0n) is 9.79. The molecule has 0 heterocycles. The van der Waals surface area contributed by atoms with Crippen molar-refractivity contribution in [3.8, 4) is 5.75 Å². The Labute approximate surface area is 105 Å². The van der Waals surface area contributed by atoms with Gasteiger partial charge < -0.3 is 15.8 Å². The predicted molar refractivity (Wildman–Crippen MR) is 72.0 cm³/mol. The van der Waals surface area contributed by atoms with Gasteiger partial charge in [0.25, 0.3) is 0 Å². The molecule has 0 saturated carbocycles. The van der Waals surface area contributed by atoms with Crippen LogP contribution < -0.4 is 15.8 Å². The summed E-state index contributed by atoms with van der Waals surface area (Å²) in [5, 5.41) is 3.36. The molecule has 3 nitrogen and oxygen atoms in total. The fraction of sp³-hybridized carbons (Fsp3) is 0.500. The van der Waals surface area contributed by atoms with Gasteiger partial charge >= 0.3 is 0 Å². The number of hydrogen-bond acceptors (Lipinski definition) is 3. The zero-order valence-corrected chi connectivity index (χ0v) is 11.4. The topological polar surface area (TPSA) is 47.3 Å². The fourth-order valence-electron chi connectivity index (χ4n) is 1.39. The second-order valence-electron chi connectivity index (χ2n) is 3.90. The third-order valence-corrected chi connectivity index (χ3v) is 3.01. The van der Waals surface area contributed by atoms with Gasteiger partial charge in [-0.05, 0) is 37.1 Å². The minimum Gasteiger partial charge on any atom is -0.495 e. The molecular formula is C12H19BrN2O. The van der Waals surface area contributed by atoms with Gasteiger partial charge in [-0.25, -0.2) is 0 Å². The molecule has 0 aliphatic carbocycles. The summed E-state index contributed by atoms with van der Waals surface area (Å²) in [6.07, 6.45) is 1.06. The summed E-state index contributed by atoms with van der Waals surface area (Å²) in [5.41, 5.74) is 6.59. The van der Waals surface area contributed by atoms with Crippen molar-refractivity contribution in [2.24, 2.45) is 11.7 Å². The number of benzene rings is 1. The molecule has 4 heteroatoms. The van der Waals surface area contributed by atoms with Crippen LogP contribution in [0.15, 0.2) is 22.7 Å². The van der Waals surface area contributed by atoms with Crippen LogP contribution in [0.5, 0.6) is 5.75 Å². The van der Waals surface area contributed by atoms with E-state index in [9.17, 15) is 0 Å². The normalized spacial score (nSPS) is 12.2. The summed E-state index contributed by atoms with van der Waals surface area (Å²) in [6.45, 7) is 3.79. The molecule has 1 aromatic rings. The number of halogens is 1. The van der Waals surface area contributed by atoms with E-state index in [1.165, 1.54) is 0 Å². The second kappa shape index (κ2) is 6.76. The van der Waals surface area contributed by atoms with Gasteiger partial charge in [0.15, 0.2) is 0 Å². The highest BCUT2D eigenvalue weighted by Crippen LogP contribution is 2.27. The smallest absolute Gasteiger partial charge is 0.142 e. The van der Waals surface area contributed by atoms with Crippen LogP contribution in [-0.2, 0) is 0 Å². The molecule has 1 rings (SSSR count). The number of ether oxygens (including phenoxy) is 1. The van der Waals surface area contributed by atoms with E-state index in [4.69, 9.17) is 10.5 Å². The molecule has 0 saturated heterocycles. The first-order valence-corrected chi connectivity index (χ1v) is 6.24. The van der Waals surface area contributed by atoms with Crippen LogP contribution in [0.4, 0.5) is 5.69 Å². The summed E-state index contributed by atoms with van der Waals surface area (Å²) in [6, 6.07) is 5.93. The largest absolute Gasteiger partial charge is 0.495 e. The highest BCUT2D eigenvalue weighted by atomic mass is 79.9. The molecule has 0 aromatic heterocycles. The Balaban J connectivity index is 2.55. The SMILES string of the molecule is COc1ccc(Br)cc1NCCC(C)CN. The third-order valence-electron chi connectivity index (χ3n) is 2.52. The molecule has 3 N–H and O–H groups in total. The minimum atomic E-state index is 0.547. The monoisotopic (exact) mass is 286 g/mol. The van der Waals surface area contributed by atoms with Crippen molar-refractivity contribution in [2.45, 2.75) is 13.3 Å². The van der Waals surface area contributed by atoms with Crippen molar-refractivity contribution >= 4 is 21.6 Å². The molecule has 0 bridgehead atoms. The number of anilines is 1. The Hall–Kier alpha value is -0.740. The van der Waals surface area contributed by atoms with Crippen LogP contribution in [0, 0.1) is 5.92 Å². The molecule has 16 heavy (non-hydrogen) atoms. The van der Waals surface area contributed by atoms with E-state index in [2.05, 4.69) is 28.2 Å². The molecule has 0 aliphatic rings. The van der Waals surface area contributed by atoms with Crippen molar-refractivity contribution in [1.29, 1.82) is 0 Å². The first-order chi connectivity index (χ1) is 7.67. The fourth-order valence-corrected chi connectivity index (χ4v) is 1.75. The van der Waals surface area contributed by atoms with Crippen molar-refractivity contribution in [3.05, 3.63) is 22.7 Å². The van der Waals surface area contributed by atoms with Gasteiger partial charge in [0.2, 0.25) is 0 Å². The van der Waals surface area contributed by atoms with Crippen molar-refractivity contribution in [3.63, 3.8) is 0 Å². The number of nitrogens with one attached hydrogen (secondary N) is 1. The lowest BCUT2D eigenvalue weighted by Crippen LogP contribution is -2.15. The van der Waals surface area contributed by atoms with E-state index < -0.39 is 0 Å². The standard InChI is InChI=1S/C12H19BrN2O/c1-9(8-14)5-6-15-11-7-10(13)3-4-12(11)16-2/h3-4,7,9,15H,5-6,8,14H2,1-2H3. The lowest BCUT2D eigenvalue weighted by molar-refractivity contribution is 0.416. The van der Waals surface area contributed by atoms with Gasteiger partial charge in [0.05, 0.1) is 12.8 Å². The summed E-state index contributed by atoms with van der Waals surface area (Å²) in [4.78, 5) is 0. The third kappa shape index (κ3) is 4.02. The van der Waals surface area contributed by atoms with Crippen LogP contribution in [0.3, 0.4) is 0 Å². The molecule has 0 amide bonds. The molecule has 0 aliphatic heterocycles. The zero-order chi connectivity index (χ0) is 12.0. The molecule has 1 unspecified atom stereocenters. The van der Waals surface area contributed by atoms with E-state index in [-0.39, 0.29) is 0 Å². The maximum absolute atomic E-state index is 5.57. The summed E-state index contributed by atoms with van der Waals surface area (Å²) in [5.74, 6) is 1.41. The number of hydrogen-bond donors (Lipinski definition) is 2. The molecule has 0 spiro atoms. The van der Waals surface area contributed by atoms with E-state index >= 15 is 0 Å². The van der Waals surface area contributed by atoms with Crippen LogP contribution in [0.25, 0.3) is 0 Å². The lowest BCUT2D eigenvalue weighted by Gasteiger charge is -2.13. The van der Waals surface area contributed by atoms with Gasteiger partial charge in [-0.1, -0.05) is 22.9 Å². The second-order valence-corrected chi connectivity index (χ2v) is 4.82. The van der Waals surface area contributed by atoms with Crippen molar-refractivity contribution < 1.29 is 4.74 Å². The van der Waals surface area contributed by atoms with Gasteiger partial charge in [0, 0.05) is 11.0 Å². The van der Waals surface area contributed by atoms with Gasteiger partial charge in [-0.15, -0.1) is 0 Å². The number of methoxy groups -OCH3 is 1. The quantitative estimate of drug-likeness (QED) is 0.845. The Morgan fingerprint density at radius 2 is 2.25 bits per heavy atom. The van der Waals surface area contributed by atoms with Crippen LogP contribution in [0.2, 0.25) is 0 Å². The summed E-state index contributed by atoms with van der Waals surface area (Å²) in [7, 11) is 1.68. The minimum absolute atomic E-state index is 0.547. The van der Waals surface area contributed by atoms with Gasteiger partial charge in [0.1, 0.15) is 5.75 Å². The van der Waals surface area contributed by atoms with Crippen LogP contribution >= 0.6 is 15.9 Å².